The molecule has 0 bridgehead atoms. The number of hydrogen-bond acceptors (Lipinski definition) is 9. The molecule has 1 aromatic heterocycles. The zero-order valence-corrected chi connectivity index (χ0v) is 29.9. The Labute approximate surface area is 294 Å². The van der Waals surface area contributed by atoms with Crippen molar-refractivity contribution in [3.8, 4) is 5.75 Å². The predicted molar refractivity (Wildman–Crippen MR) is 180 cm³/mol. The number of ether oxygens (including phenoxy) is 2. The molecule has 17 heteroatoms. The highest BCUT2D eigenvalue weighted by Crippen LogP contribution is 2.37. The van der Waals surface area contributed by atoms with Crippen molar-refractivity contribution < 1.29 is 50.2 Å². The topological polar surface area (TPSA) is 173 Å². The van der Waals surface area contributed by atoms with Gasteiger partial charge in [0.05, 0.1) is 22.9 Å². The first-order valence-electron chi connectivity index (χ1n) is 16.1. The zero-order valence-electron chi connectivity index (χ0n) is 29.1. The number of alkyl halides is 3. The van der Waals surface area contributed by atoms with E-state index in [0.29, 0.717) is 12.8 Å². The van der Waals surface area contributed by atoms with E-state index in [4.69, 9.17) is 9.47 Å². The minimum absolute atomic E-state index is 0.0145. The normalized spacial score (nSPS) is 19.2. The summed E-state index contributed by atoms with van der Waals surface area (Å²) in [7, 11) is -3.99. The fourth-order valence-electron chi connectivity index (χ4n) is 5.43. The number of likely N-dealkylation sites (tertiary alicyclic amines) is 1. The summed E-state index contributed by atoms with van der Waals surface area (Å²) in [5.41, 5.74) is -3.62. The van der Waals surface area contributed by atoms with Crippen LogP contribution >= 0.6 is 0 Å². The summed E-state index contributed by atoms with van der Waals surface area (Å²) in [4.78, 5) is 59.0. The van der Waals surface area contributed by atoms with Crippen LogP contribution in [0, 0.1) is 5.41 Å². The van der Waals surface area contributed by atoms with Gasteiger partial charge in [-0.05, 0) is 63.3 Å². The summed E-state index contributed by atoms with van der Waals surface area (Å²) < 4.78 is 79.6. The molecule has 51 heavy (non-hydrogen) atoms. The molecule has 0 unspecified atom stereocenters. The number of alkyl carbamates (subject to hydrolysis) is 1. The van der Waals surface area contributed by atoms with Crippen molar-refractivity contribution in [1.29, 1.82) is 0 Å². The highest BCUT2D eigenvalue weighted by atomic mass is 32.2. The minimum atomic E-state index is -4.70. The van der Waals surface area contributed by atoms with Crippen LogP contribution in [-0.4, -0.2) is 77.7 Å². The number of pyridine rings is 1. The molecule has 1 aromatic carbocycles. The van der Waals surface area contributed by atoms with E-state index in [2.05, 4.69) is 22.2 Å². The molecule has 278 valence electrons. The third-order valence-electron chi connectivity index (χ3n) is 7.94. The van der Waals surface area contributed by atoms with Crippen LogP contribution in [0.15, 0.2) is 54.9 Å². The van der Waals surface area contributed by atoms with Crippen LogP contribution in [0.2, 0.25) is 0 Å². The van der Waals surface area contributed by atoms with E-state index in [-0.39, 0.29) is 29.6 Å². The van der Waals surface area contributed by atoms with Crippen LogP contribution in [0.3, 0.4) is 0 Å². The van der Waals surface area contributed by atoms with Crippen molar-refractivity contribution in [3.05, 3.63) is 60.5 Å². The van der Waals surface area contributed by atoms with Crippen LogP contribution in [0.5, 0.6) is 5.75 Å². The van der Waals surface area contributed by atoms with Crippen LogP contribution in [0.4, 0.5) is 18.0 Å². The first-order chi connectivity index (χ1) is 23.5. The van der Waals surface area contributed by atoms with Crippen molar-refractivity contribution in [2.45, 2.75) is 96.0 Å². The number of allylic oxidation sites excluding steroid dienone is 2. The first kappa shape index (κ1) is 39.1. The number of halogens is 3. The van der Waals surface area contributed by atoms with E-state index in [1.807, 2.05) is 4.72 Å². The Bertz CT molecular complexity index is 1850. The second-order valence-corrected chi connectivity index (χ2v) is 16.4. The van der Waals surface area contributed by atoms with Gasteiger partial charge in [0.15, 0.2) is 0 Å². The monoisotopic (exact) mass is 737 g/mol. The second-order valence-electron chi connectivity index (χ2n) is 14.4. The number of benzene rings is 1. The Morgan fingerprint density at radius 1 is 1.06 bits per heavy atom. The van der Waals surface area contributed by atoms with E-state index in [9.17, 15) is 40.8 Å². The van der Waals surface area contributed by atoms with Gasteiger partial charge in [0.1, 0.15) is 35.2 Å². The Hall–Kier alpha value is -4.67. The summed E-state index contributed by atoms with van der Waals surface area (Å²) in [6.07, 6.45) is -2.60. The summed E-state index contributed by atoms with van der Waals surface area (Å²) in [5.74, 6) is -2.72. The summed E-state index contributed by atoms with van der Waals surface area (Å²) in [6, 6.07) is 2.26. The van der Waals surface area contributed by atoms with Gasteiger partial charge in [-0.3, -0.25) is 19.4 Å². The third-order valence-corrected chi connectivity index (χ3v) is 9.76. The number of nitrogens with zero attached hydrogens (tertiary/aromatic N) is 2. The van der Waals surface area contributed by atoms with Crippen molar-refractivity contribution >= 4 is 44.7 Å². The summed E-state index contributed by atoms with van der Waals surface area (Å²) >= 11 is 0. The summed E-state index contributed by atoms with van der Waals surface area (Å²) in [6.45, 7) is 13.2. The van der Waals surface area contributed by atoms with E-state index in [1.165, 1.54) is 18.2 Å². The quantitative estimate of drug-likeness (QED) is 0.237. The standard InChI is InChI=1S/C34H42F3N5O8S/c1-8-10-23(28(43)41-51(47,48)20-13-14-20)39-29(44)24-17-19(49-25-15-16-38-26-21(25)11-9-12-22(26)34(35,36)37)18-42(24)30(45)27(32(2,3)4)40-31(46)50-33(5,6)7/h8-12,15-16,19-20,24,27H,1,13-14,17-18H2,2-7H3,(H,39,44)(H,40,46)(H,41,43)/b23-10+/t19-,24+,27-/m1/s1. The molecule has 4 amide bonds. The first-order valence-corrected chi connectivity index (χ1v) is 17.7. The number of carbonyl (C=O) groups is 4. The number of amides is 4. The molecule has 1 saturated heterocycles. The van der Waals surface area contributed by atoms with Gasteiger partial charge in [0, 0.05) is 18.0 Å². The lowest BCUT2D eigenvalue weighted by molar-refractivity contribution is -0.142. The highest BCUT2D eigenvalue weighted by molar-refractivity contribution is 7.91. The lowest BCUT2D eigenvalue weighted by Gasteiger charge is -2.35. The molecule has 3 atom stereocenters. The molecule has 2 aliphatic rings. The molecule has 0 radical (unpaired) electrons. The lowest BCUT2D eigenvalue weighted by Crippen LogP contribution is -2.58. The van der Waals surface area contributed by atoms with E-state index in [0.717, 1.165) is 29.3 Å². The molecule has 1 saturated carbocycles. The maximum Gasteiger partial charge on any atom is 0.418 e. The smallest absolute Gasteiger partial charge is 0.418 e. The fourth-order valence-corrected chi connectivity index (χ4v) is 6.72. The third kappa shape index (κ3) is 9.77. The number of aromatic nitrogens is 1. The molecule has 4 rings (SSSR count). The molecule has 2 aromatic rings. The van der Waals surface area contributed by atoms with Gasteiger partial charge < -0.3 is 25.0 Å². The number of sulfonamides is 1. The summed E-state index contributed by atoms with van der Waals surface area (Å²) in [5, 5.41) is 4.29. The molecule has 1 aliphatic carbocycles. The van der Waals surface area contributed by atoms with Crippen molar-refractivity contribution in [3.63, 3.8) is 0 Å². The molecule has 2 fully saturated rings. The SMILES string of the molecule is C=C/C=C(/NC(=O)[C@@H]1C[C@@H](Oc2ccnc3c(C(F)(F)F)cccc23)CN1C(=O)[C@@H](NC(=O)OC(C)(C)C)C(C)(C)C)C(=O)NS(=O)(=O)C1CC1. The molecule has 2 heterocycles. The lowest BCUT2D eigenvalue weighted by atomic mass is 9.85. The van der Waals surface area contributed by atoms with Crippen molar-refractivity contribution in [2.24, 2.45) is 5.41 Å². The van der Waals surface area contributed by atoms with Crippen LogP contribution in [-0.2, 0) is 35.3 Å². The van der Waals surface area contributed by atoms with Gasteiger partial charge in [-0.15, -0.1) is 0 Å². The van der Waals surface area contributed by atoms with E-state index >= 15 is 0 Å². The van der Waals surface area contributed by atoms with Crippen LogP contribution in [0.1, 0.15) is 66.4 Å². The number of para-hydroxylation sites is 1. The number of fused-ring (bicyclic) bond motifs is 1. The van der Waals surface area contributed by atoms with Crippen molar-refractivity contribution in [1.82, 2.24) is 25.2 Å². The number of hydrogen-bond donors (Lipinski definition) is 3. The fraction of sp³-hybridized carbons (Fsp3) is 0.500. The van der Waals surface area contributed by atoms with Gasteiger partial charge in [-0.2, -0.15) is 13.2 Å². The Balaban J connectivity index is 1.68. The number of carbonyl (C=O) groups excluding carboxylic acids is 4. The zero-order chi connectivity index (χ0) is 38.1. The number of rotatable bonds is 10. The maximum absolute atomic E-state index is 14.3. The largest absolute Gasteiger partial charge is 0.488 e. The van der Waals surface area contributed by atoms with Gasteiger partial charge in [0.2, 0.25) is 21.8 Å². The average Bonchev–Trinajstić information content (AvgIpc) is 3.78. The Morgan fingerprint density at radius 3 is 2.29 bits per heavy atom. The van der Waals surface area contributed by atoms with Crippen LogP contribution in [0.25, 0.3) is 10.9 Å². The Morgan fingerprint density at radius 2 is 1.73 bits per heavy atom. The maximum atomic E-state index is 14.3. The molecule has 1 aliphatic heterocycles. The predicted octanol–water partition coefficient (Wildman–Crippen LogP) is 4.34. The highest BCUT2D eigenvalue weighted by Gasteiger charge is 2.47. The minimum Gasteiger partial charge on any atom is -0.488 e. The van der Waals surface area contributed by atoms with Gasteiger partial charge in [-0.25, -0.2) is 17.9 Å². The van der Waals surface area contributed by atoms with E-state index in [1.54, 1.807) is 41.5 Å². The average molecular weight is 738 g/mol. The van der Waals surface area contributed by atoms with E-state index < -0.39 is 85.7 Å². The second kappa shape index (κ2) is 14.5. The molecular formula is C34H42F3N5O8S. The molecular weight excluding hydrogens is 695 g/mol. The van der Waals surface area contributed by atoms with Gasteiger partial charge >= 0.3 is 12.3 Å². The van der Waals surface area contributed by atoms with Gasteiger partial charge in [0.25, 0.3) is 5.91 Å². The molecule has 13 nitrogen and oxygen atoms in total. The number of nitrogens with one attached hydrogen (secondary N) is 3. The van der Waals surface area contributed by atoms with Crippen molar-refractivity contribution in [2.75, 3.05) is 6.54 Å². The molecule has 0 spiro atoms. The van der Waals surface area contributed by atoms with Crippen LogP contribution < -0.4 is 20.1 Å². The Kier molecular flexibility index (Phi) is 11.1. The molecule has 3 N–H and O–H groups in total. The van der Waals surface area contributed by atoms with Gasteiger partial charge in [-0.1, -0.05) is 39.5 Å².